The second kappa shape index (κ2) is 7.87. The third-order valence-corrected chi connectivity index (χ3v) is 3.30. The van der Waals surface area contributed by atoms with Gasteiger partial charge in [-0.1, -0.05) is 12.1 Å². The van der Waals surface area contributed by atoms with Gasteiger partial charge in [-0.2, -0.15) is 0 Å². The molecular weight excluding hydrogens is 265 g/mol. The number of benzene rings is 1. The Hall–Kier alpha value is -0.970. The maximum Gasteiger partial charge on any atom is 0.127 e. The molecule has 0 heterocycles. The Morgan fingerprint density at radius 2 is 1.76 bits per heavy atom. The minimum Gasteiger partial charge on any atom is -0.308 e. The molecule has 4 heteroatoms. The van der Waals surface area contributed by atoms with E-state index >= 15 is 0 Å². The molecule has 0 fully saturated rings. The number of hydrogen-bond donors (Lipinski definition) is 1. The van der Waals surface area contributed by atoms with Crippen LogP contribution in [0.25, 0.3) is 0 Å². The van der Waals surface area contributed by atoms with Crippen molar-refractivity contribution >= 4 is 0 Å². The predicted molar refractivity (Wildman–Crippen MR) is 87.9 cm³/mol. The molecule has 120 valence electrons. The van der Waals surface area contributed by atoms with Crippen LogP contribution in [0.4, 0.5) is 4.39 Å². The lowest BCUT2D eigenvalue weighted by Gasteiger charge is -2.22. The number of rotatable bonds is 7. The summed E-state index contributed by atoms with van der Waals surface area (Å²) >= 11 is 0. The highest BCUT2D eigenvalue weighted by atomic mass is 19.1. The van der Waals surface area contributed by atoms with E-state index in [0.717, 1.165) is 30.8 Å². The summed E-state index contributed by atoms with van der Waals surface area (Å²) in [5.74, 6) is -0.119. The van der Waals surface area contributed by atoms with Gasteiger partial charge in [-0.15, -0.1) is 0 Å². The molecule has 1 aromatic carbocycles. The minimum absolute atomic E-state index is 0.0665. The normalized spacial score (nSPS) is 12.4. The number of halogens is 1. The molecule has 3 nitrogen and oxygen atoms in total. The van der Waals surface area contributed by atoms with Crippen molar-refractivity contribution in [2.45, 2.75) is 39.4 Å². The van der Waals surface area contributed by atoms with E-state index in [1.807, 2.05) is 33.3 Å². The van der Waals surface area contributed by atoms with Crippen LogP contribution in [0.3, 0.4) is 0 Å². The van der Waals surface area contributed by atoms with Crippen molar-refractivity contribution in [3.63, 3.8) is 0 Å². The SMILES string of the molecule is CN(C)CCN(C)Cc1cc(CNC(C)(C)C)ccc1F. The first-order chi connectivity index (χ1) is 9.67. The summed E-state index contributed by atoms with van der Waals surface area (Å²) in [4.78, 5) is 4.29. The van der Waals surface area contributed by atoms with Gasteiger partial charge in [0, 0.05) is 37.3 Å². The van der Waals surface area contributed by atoms with Crippen LogP contribution < -0.4 is 5.32 Å². The lowest BCUT2D eigenvalue weighted by molar-refractivity contribution is 0.273. The van der Waals surface area contributed by atoms with Crippen molar-refractivity contribution < 1.29 is 4.39 Å². The van der Waals surface area contributed by atoms with Crippen LogP contribution in [-0.2, 0) is 13.1 Å². The Bertz CT molecular complexity index is 438. The van der Waals surface area contributed by atoms with E-state index in [1.54, 1.807) is 6.07 Å². The van der Waals surface area contributed by atoms with Gasteiger partial charge in [-0.05, 0) is 53.5 Å². The summed E-state index contributed by atoms with van der Waals surface area (Å²) in [5.41, 5.74) is 1.96. The average molecular weight is 295 g/mol. The molecule has 0 aliphatic heterocycles. The van der Waals surface area contributed by atoms with Gasteiger partial charge in [0.05, 0.1) is 0 Å². The molecule has 0 saturated carbocycles. The van der Waals surface area contributed by atoms with Crippen LogP contribution >= 0.6 is 0 Å². The summed E-state index contributed by atoms with van der Waals surface area (Å²) < 4.78 is 13.9. The van der Waals surface area contributed by atoms with Gasteiger partial charge < -0.3 is 15.1 Å². The van der Waals surface area contributed by atoms with Crippen molar-refractivity contribution in [3.8, 4) is 0 Å². The molecule has 0 unspecified atom stereocenters. The first-order valence-electron chi connectivity index (χ1n) is 7.53. The topological polar surface area (TPSA) is 18.5 Å². The highest BCUT2D eigenvalue weighted by molar-refractivity contribution is 5.25. The Kier molecular flexibility index (Phi) is 6.78. The van der Waals surface area contributed by atoms with Crippen LogP contribution in [-0.4, -0.2) is 49.6 Å². The molecule has 0 atom stereocenters. The molecule has 21 heavy (non-hydrogen) atoms. The van der Waals surface area contributed by atoms with E-state index in [-0.39, 0.29) is 11.4 Å². The smallest absolute Gasteiger partial charge is 0.127 e. The fourth-order valence-corrected chi connectivity index (χ4v) is 1.97. The summed E-state index contributed by atoms with van der Waals surface area (Å²) in [6.07, 6.45) is 0. The second-order valence-electron chi connectivity index (χ2n) is 7.07. The highest BCUT2D eigenvalue weighted by Gasteiger charge is 2.11. The summed E-state index contributed by atoms with van der Waals surface area (Å²) in [6, 6.07) is 5.41. The monoisotopic (exact) mass is 295 g/mol. The summed E-state index contributed by atoms with van der Waals surface area (Å²) in [5, 5.41) is 3.44. The Morgan fingerprint density at radius 1 is 1.10 bits per heavy atom. The van der Waals surface area contributed by atoms with Crippen LogP contribution in [0.1, 0.15) is 31.9 Å². The fraction of sp³-hybridized carbons (Fsp3) is 0.647. The van der Waals surface area contributed by atoms with E-state index in [2.05, 4.69) is 35.9 Å². The van der Waals surface area contributed by atoms with Crippen LogP contribution in [0.2, 0.25) is 0 Å². The molecule has 0 bridgehead atoms. The Morgan fingerprint density at radius 3 is 2.33 bits per heavy atom. The largest absolute Gasteiger partial charge is 0.308 e. The Balaban J connectivity index is 2.64. The molecule has 0 spiro atoms. The highest BCUT2D eigenvalue weighted by Crippen LogP contribution is 2.13. The molecule has 1 N–H and O–H groups in total. The van der Waals surface area contributed by atoms with Crippen LogP contribution in [0.15, 0.2) is 18.2 Å². The van der Waals surface area contributed by atoms with Gasteiger partial charge in [-0.3, -0.25) is 0 Å². The zero-order valence-corrected chi connectivity index (χ0v) is 14.3. The molecule has 0 aromatic heterocycles. The minimum atomic E-state index is -0.119. The molecule has 0 aliphatic rings. The lowest BCUT2D eigenvalue weighted by atomic mass is 10.1. The van der Waals surface area contributed by atoms with Gasteiger partial charge in [0.1, 0.15) is 5.82 Å². The quantitative estimate of drug-likeness (QED) is 0.834. The number of nitrogens with one attached hydrogen (secondary N) is 1. The maximum atomic E-state index is 13.9. The molecule has 0 aliphatic carbocycles. The van der Waals surface area contributed by atoms with E-state index in [1.165, 1.54) is 0 Å². The molecule has 0 saturated heterocycles. The predicted octanol–water partition coefficient (Wildman–Crippen LogP) is 2.71. The molecule has 1 rings (SSSR count). The van der Waals surface area contributed by atoms with Crippen molar-refractivity contribution in [1.82, 2.24) is 15.1 Å². The summed E-state index contributed by atoms with van der Waals surface area (Å²) in [7, 11) is 6.13. The lowest BCUT2D eigenvalue weighted by Crippen LogP contribution is -2.35. The third-order valence-electron chi connectivity index (χ3n) is 3.30. The maximum absolute atomic E-state index is 13.9. The van der Waals surface area contributed by atoms with Gasteiger partial charge in [0.2, 0.25) is 0 Å². The average Bonchev–Trinajstić information content (AvgIpc) is 2.36. The standard InChI is InChI=1S/C17H30FN3/c1-17(2,3)19-12-14-7-8-16(18)15(11-14)13-21(6)10-9-20(4)5/h7-8,11,19H,9-10,12-13H2,1-6H3. The zero-order chi connectivity index (χ0) is 16.0. The van der Waals surface area contributed by atoms with Crippen LogP contribution in [0, 0.1) is 5.82 Å². The second-order valence-corrected chi connectivity index (χ2v) is 7.07. The first-order valence-corrected chi connectivity index (χ1v) is 7.53. The Labute approximate surface area is 129 Å². The third kappa shape index (κ3) is 7.55. The summed E-state index contributed by atoms with van der Waals surface area (Å²) in [6.45, 7) is 9.70. The molecule has 0 radical (unpaired) electrons. The van der Waals surface area contributed by atoms with Gasteiger partial charge in [0.15, 0.2) is 0 Å². The van der Waals surface area contributed by atoms with Crippen LogP contribution in [0.5, 0.6) is 0 Å². The van der Waals surface area contributed by atoms with Crippen molar-refractivity contribution in [3.05, 3.63) is 35.1 Å². The number of hydrogen-bond acceptors (Lipinski definition) is 3. The van der Waals surface area contributed by atoms with E-state index in [9.17, 15) is 4.39 Å². The van der Waals surface area contributed by atoms with E-state index < -0.39 is 0 Å². The fourth-order valence-electron chi connectivity index (χ4n) is 1.97. The van der Waals surface area contributed by atoms with Gasteiger partial charge in [-0.25, -0.2) is 4.39 Å². The zero-order valence-electron chi connectivity index (χ0n) is 14.3. The molecule has 1 aromatic rings. The van der Waals surface area contributed by atoms with Gasteiger partial charge in [0.25, 0.3) is 0 Å². The number of nitrogens with zero attached hydrogens (tertiary/aromatic N) is 2. The van der Waals surface area contributed by atoms with Crippen molar-refractivity contribution in [1.29, 1.82) is 0 Å². The van der Waals surface area contributed by atoms with Gasteiger partial charge >= 0.3 is 0 Å². The number of likely N-dealkylation sites (N-methyl/N-ethyl adjacent to an activating group) is 2. The van der Waals surface area contributed by atoms with Crippen molar-refractivity contribution in [2.75, 3.05) is 34.2 Å². The molecular formula is C17H30FN3. The molecule has 0 amide bonds. The first kappa shape index (κ1) is 18.1. The van der Waals surface area contributed by atoms with E-state index in [4.69, 9.17) is 0 Å². The van der Waals surface area contributed by atoms with E-state index in [0.29, 0.717) is 6.54 Å². The van der Waals surface area contributed by atoms with Crippen molar-refractivity contribution in [2.24, 2.45) is 0 Å².